The number of nitrogens with one attached hydrogen (secondary N) is 2. The van der Waals surface area contributed by atoms with Crippen molar-refractivity contribution in [3.05, 3.63) is 104 Å². The van der Waals surface area contributed by atoms with Gasteiger partial charge in [0.05, 0.1) is 6.04 Å². The quantitative estimate of drug-likeness (QED) is 0.736. The van der Waals surface area contributed by atoms with Crippen molar-refractivity contribution in [2.75, 3.05) is 0 Å². The molecule has 1 atom stereocenters. The van der Waals surface area contributed by atoms with E-state index in [0.717, 1.165) is 21.3 Å². The average Bonchev–Trinajstić information content (AvgIpc) is 2.64. The first-order chi connectivity index (χ1) is 12.5. The maximum Gasteiger partial charge on any atom is 0.328 e. The summed E-state index contributed by atoms with van der Waals surface area (Å²) in [5.41, 5.74) is 1.92. The van der Waals surface area contributed by atoms with Gasteiger partial charge >= 0.3 is 5.69 Å². The summed E-state index contributed by atoms with van der Waals surface area (Å²) in [5, 5.41) is 2.97. The molecule has 0 spiro atoms. The molecule has 1 heterocycles. The van der Waals surface area contributed by atoms with Crippen LogP contribution in [0, 0.1) is 6.92 Å². The molecule has 1 amide bonds. The summed E-state index contributed by atoms with van der Waals surface area (Å²) in [5.74, 6) is -0.325. The highest BCUT2D eigenvalue weighted by Crippen LogP contribution is 2.22. The molecule has 6 nitrogen and oxygen atoms in total. The van der Waals surface area contributed by atoms with Gasteiger partial charge in [-0.1, -0.05) is 60.2 Å². The molecule has 0 aliphatic heterocycles. The summed E-state index contributed by atoms with van der Waals surface area (Å²) in [6, 6.07) is 18.4. The van der Waals surface area contributed by atoms with Gasteiger partial charge in [-0.15, -0.1) is 0 Å². The molecule has 26 heavy (non-hydrogen) atoms. The molecule has 0 bridgehead atoms. The lowest BCUT2D eigenvalue weighted by Gasteiger charge is -2.20. The summed E-state index contributed by atoms with van der Waals surface area (Å²) >= 11 is 0. The molecule has 3 aromatic rings. The zero-order chi connectivity index (χ0) is 18.5. The Morgan fingerprint density at radius 3 is 2.31 bits per heavy atom. The summed E-state index contributed by atoms with van der Waals surface area (Å²) in [7, 11) is 0. The van der Waals surface area contributed by atoms with Crippen molar-refractivity contribution < 1.29 is 4.79 Å². The molecular formula is C20H19N3O3. The minimum absolute atomic E-state index is 0.176. The fourth-order valence-electron chi connectivity index (χ4n) is 2.69. The number of aromatic nitrogens is 2. The van der Waals surface area contributed by atoms with Crippen LogP contribution < -0.4 is 16.6 Å². The largest absolute Gasteiger partial charge is 0.344 e. The van der Waals surface area contributed by atoms with Crippen LogP contribution in [-0.4, -0.2) is 15.5 Å². The Morgan fingerprint density at radius 1 is 1.00 bits per heavy atom. The van der Waals surface area contributed by atoms with Crippen LogP contribution in [0.1, 0.15) is 22.7 Å². The Morgan fingerprint density at radius 2 is 1.65 bits per heavy atom. The summed E-state index contributed by atoms with van der Waals surface area (Å²) in [4.78, 5) is 37.5. The van der Waals surface area contributed by atoms with E-state index in [-0.39, 0.29) is 18.5 Å². The van der Waals surface area contributed by atoms with E-state index in [1.54, 1.807) is 0 Å². The molecule has 0 aliphatic rings. The van der Waals surface area contributed by atoms with E-state index in [0.29, 0.717) is 0 Å². The molecule has 0 saturated carbocycles. The Kier molecular flexibility index (Phi) is 5.12. The Labute approximate surface area is 150 Å². The number of rotatable bonds is 5. The number of H-pyrrole nitrogens is 1. The predicted octanol–water partition coefficient (Wildman–Crippen LogP) is 1.75. The van der Waals surface area contributed by atoms with E-state index >= 15 is 0 Å². The van der Waals surface area contributed by atoms with Gasteiger partial charge in [0.25, 0.3) is 5.56 Å². The van der Waals surface area contributed by atoms with Gasteiger partial charge in [0.1, 0.15) is 6.54 Å². The average molecular weight is 349 g/mol. The van der Waals surface area contributed by atoms with Crippen molar-refractivity contribution in [3.8, 4) is 0 Å². The minimum atomic E-state index is -0.612. The van der Waals surface area contributed by atoms with Crippen molar-refractivity contribution in [2.24, 2.45) is 0 Å². The molecule has 0 radical (unpaired) electrons. The van der Waals surface area contributed by atoms with Gasteiger partial charge in [-0.05, 0) is 18.1 Å². The van der Waals surface area contributed by atoms with Crippen LogP contribution in [0.3, 0.4) is 0 Å². The zero-order valence-electron chi connectivity index (χ0n) is 14.3. The number of benzene rings is 2. The van der Waals surface area contributed by atoms with Gasteiger partial charge in [-0.3, -0.25) is 19.1 Å². The Balaban J connectivity index is 1.85. The molecule has 0 aliphatic carbocycles. The first-order valence-corrected chi connectivity index (χ1v) is 8.23. The van der Waals surface area contributed by atoms with Crippen LogP contribution in [0.2, 0.25) is 0 Å². The van der Waals surface area contributed by atoms with E-state index in [2.05, 4.69) is 10.3 Å². The van der Waals surface area contributed by atoms with Crippen molar-refractivity contribution >= 4 is 5.91 Å². The van der Waals surface area contributed by atoms with Crippen molar-refractivity contribution in [2.45, 2.75) is 19.5 Å². The second-order valence-corrected chi connectivity index (χ2v) is 6.06. The zero-order valence-corrected chi connectivity index (χ0v) is 14.3. The smallest absolute Gasteiger partial charge is 0.328 e. The molecule has 1 aromatic heterocycles. The van der Waals surface area contributed by atoms with E-state index in [1.807, 2.05) is 61.5 Å². The number of nitrogens with zero attached hydrogens (tertiary/aromatic N) is 1. The molecule has 2 aromatic carbocycles. The lowest BCUT2D eigenvalue weighted by molar-refractivity contribution is -0.122. The fraction of sp³-hybridized carbons (Fsp3) is 0.150. The van der Waals surface area contributed by atoms with Crippen LogP contribution in [0.25, 0.3) is 0 Å². The van der Waals surface area contributed by atoms with Crippen LogP contribution in [0.15, 0.2) is 76.4 Å². The van der Waals surface area contributed by atoms with Crippen LogP contribution in [0.5, 0.6) is 0 Å². The number of carbonyl (C=O) groups excluding carboxylic acids is 1. The van der Waals surface area contributed by atoms with Gasteiger partial charge in [-0.25, -0.2) is 4.79 Å². The molecule has 6 heteroatoms. The number of amides is 1. The number of aryl methyl sites for hydroxylation is 1. The maximum absolute atomic E-state index is 12.5. The highest BCUT2D eigenvalue weighted by atomic mass is 16.2. The van der Waals surface area contributed by atoms with Crippen LogP contribution >= 0.6 is 0 Å². The van der Waals surface area contributed by atoms with E-state index in [4.69, 9.17) is 0 Å². The monoisotopic (exact) mass is 349 g/mol. The topological polar surface area (TPSA) is 84.0 Å². The lowest BCUT2D eigenvalue weighted by atomic mass is 9.98. The second kappa shape index (κ2) is 7.65. The standard InChI is InChI=1S/C20H19N3O3/c1-14-7-9-16(10-8-14)19(15-5-3-2-4-6-15)21-18(25)13-23-12-11-17(24)22-20(23)26/h2-12,19H,13H2,1H3,(H,21,25)(H,22,24,26). The number of aromatic amines is 1. The number of hydrogen-bond acceptors (Lipinski definition) is 3. The molecule has 2 N–H and O–H groups in total. The summed E-state index contributed by atoms with van der Waals surface area (Å²) in [6.45, 7) is 1.83. The van der Waals surface area contributed by atoms with Gasteiger partial charge in [0.2, 0.25) is 5.91 Å². The lowest BCUT2D eigenvalue weighted by Crippen LogP contribution is -2.37. The van der Waals surface area contributed by atoms with Crippen LogP contribution in [-0.2, 0) is 11.3 Å². The molecular weight excluding hydrogens is 330 g/mol. The number of hydrogen-bond donors (Lipinski definition) is 2. The summed E-state index contributed by atoms with van der Waals surface area (Å²) in [6.07, 6.45) is 1.31. The molecule has 3 rings (SSSR count). The third-order valence-corrected chi connectivity index (χ3v) is 4.06. The second-order valence-electron chi connectivity index (χ2n) is 6.06. The molecule has 0 fully saturated rings. The molecule has 1 unspecified atom stereocenters. The van der Waals surface area contributed by atoms with Crippen molar-refractivity contribution in [1.29, 1.82) is 0 Å². The van der Waals surface area contributed by atoms with E-state index in [1.165, 1.54) is 12.3 Å². The van der Waals surface area contributed by atoms with Gasteiger partial charge in [0.15, 0.2) is 0 Å². The van der Waals surface area contributed by atoms with Crippen LogP contribution in [0.4, 0.5) is 0 Å². The Bertz CT molecular complexity index is 1000. The number of carbonyl (C=O) groups is 1. The highest BCUT2D eigenvalue weighted by molar-refractivity contribution is 5.76. The van der Waals surface area contributed by atoms with Crippen molar-refractivity contribution in [3.63, 3.8) is 0 Å². The summed E-state index contributed by atoms with van der Waals surface area (Å²) < 4.78 is 1.16. The maximum atomic E-state index is 12.5. The third-order valence-electron chi connectivity index (χ3n) is 4.06. The van der Waals surface area contributed by atoms with Gasteiger partial charge in [0, 0.05) is 12.3 Å². The normalized spacial score (nSPS) is 11.7. The van der Waals surface area contributed by atoms with E-state index < -0.39 is 11.2 Å². The van der Waals surface area contributed by atoms with Crippen molar-refractivity contribution in [1.82, 2.24) is 14.9 Å². The molecule has 132 valence electrons. The molecule has 0 saturated heterocycles. The first-order valence-electron chi connectivity index (χ1n) is 8.23. The predicted molar refractivity (Wildman–Crippen MR) is 98.9 cm³/mol. The first kappa shape index (κ1) is 17.4. The Hall–Kier alpha value is -3.41. The minimum Gasteiger partial charge on any atom is -0.344 e. The van der Waals surface area contributed by atoms with E-state index in [9.17, 15) is 14.4 Å². The third kappa shape index (κ3) is 4.16. The van der Waals surface area contributed by atoms with Gasteiger partial charge < -0.3 is 5.32 Å². The SMILES string of the molecule is Cc1ccc(C(NC(=O)Cn2ccc(=O)[nH]c2=O)c2ccccc2)cc1. The highest BCUT2D eigenvalue weighted by Gasteiger charge is 2.17. The fourth-order valence-corrected chi connectivity index (χ4v) is 2.69. The van der Waals surface area contributed by atoms with Gasteiger partial charge in [-0.2, -0.15) is 0 Å².